The monoisotopic (exact) mass is 838 g/mol. The topological polar surface area (TPSA) is 38.9 Å². The molecular formula is C63H38N2O. The summed E-state index contributed by atoms with van der Waals surface area (Å²) in [5.41, 5.74) is 20.9. The van der Waals surface area contributed by atoms with Crippen molar-refractivity contribution in [3.63, 3.8) is 0 Å². The Balaban J connectivity index is 0.968. The summed E-state index contributed by atoms with van der Waals surface area (Å²) in [5.74, 6) is 0.699. The lowest BCUT2D eigenvalue weighted by atomic mass is 9.67. The van der Waals surface area contributed by atoms with Gasteiger partial charge in [-0.2, -0.15) is 0 Å². The molecule has 10 aromatic carbocycles. The minimum Gasteiger partial charge on any atom is -0.456 e. The van der Waals surface area contributed by atoms with Crippen LogP contribution in [0.5, 0.6) is 0 Å². The zero-order valence-electron chi connectivity index (χ0n) is 35.7. The van der Waals surface area contributed by atoms with Crippen molar-refractivity contribution in [2.24, 2.45) is 0 Å². The number of hydrogen-bond donors (Lipinski definition) is 0. The molecule has 14 rings (SSSR count). The van der Waals surface area contributed by atoms with Crippen LogP contribution in [0.2, 0.25) is 0 Å². The number of rotatable bonds is 6. The van der Waals surface area contributed by atoms with Crippen LogP contribution in [0, 0.1) is 0 Å². The van der Waals surface area contributed by atoms with E-state index in [0.717, 1.165) is 66.5 Å². The van der Waals surface area contributed by atoms with Gasteiger partial charge in [-0.3, -0.25) is 0 Å². The highest BCUT2D eigenvalue weighted by Gasteiger charge is 2.46. The van der Waals surface area contributed by atoms with Crippen molar-refractivity contribution in [1.82, 2.24) is 9.97 Å². The third-order valence-electron chi connectivity index (χ3n) is 14.2. The smallest absolute Gasteiger partial charge is 0.161 e. The lowest BCUT2D eigenvalue weighted by Crippen LogP contribution is -2.28. The Morgan fingerprint density at radius 1 is 0.303 bits per heavy atom. The molecule has 0 unspecified atom stereocenters. The first-order chi connectivity index (χ1) is 32.7. The van der Waals surface area contributed by atoms with Crippen molar-refractivity contribution < 1.29 is 4.42 Å². The molecule has 0 spiro atoms. The van der Waals surface area contributed by atoms with E-state index < -0.39 is 5.41 Å². The summed E-state index contributed by atoms with van der Waals surface area (Å²) >= 11 is 0. The standard InChI is InChI=1S/C63H38N2O/c1-3-14-43(15-4-1)63(44-16-5-2-6-17-44)55-24-11-9-20-47(55)48-32-30-42(37-56(48)63)58-38-57(40-28-26-39(27-29-40)41-31-35-60-54(36-41)49-21-10-12-25-59(49)66-60)64-62(65-58)53-34-33-52-46-19-8-7-18-45(46)50-22-13-23-51(53)61(50)52/h1-38H. The van der Waals surface area contributed by atoms with Gasteiger partial charge in [0, 0.05) is 27.5 Å². The van der Waals surface area contributed by atoms with Crippen molar-refractivity contribution >= 4 is 32.7 Å². The fourth-order valence-electron chi connectivity index (χ4n) is 11.2. The zero-order chi connectivity index (χ0) is 43.3. The van der Waals surface area contributed by atoms with E-state index >= 15 is 0 Å². The Morgan fingerprint density at radius 2 is 0.833 bits per heavy atom. The van der Waals surface area contributed by atoms with Crippen molar-refractivity contribution in [3.05, 3.63) is 253 Å². The lowest BCUT2D eigenvalue weighted by molar-refractivity contribution is 0.669. The van der Waals surface area contributed by atoms with Gasteiger partial charge in [0.05, 0.1) is 16.8 Å². The fourth-order valence-corrected chi connectivity index (χ4v) is 11.2. The van der Waals surface area contributed by atoms with Crippen LogP contribution in [-0.2, 0) is 5.41 Å². The van der Waals surface area contributed by atoms with Crippen LogP contribution in [-0.4, -0.2) is 9.97 Å². The molecule has 12 aromatic rings. The SMILES string of the molecule is c1ccc(C2(c3ccccc3)c3ccccc3-c3ccc(-c4cc(-c5ccc(-c6ccc7oc8ccccc8c7c6)cc5)nc(-c5ccc6c7c(cccc57)-c5ccccc5-6)n4)cc32)cc1. The Bertz CT molecular complexity index is 3850. The van der Waals surface area contributed by atoms with Crippen molar-refractivity contribution in [1.29, 1.82) is 0 Å². The molecular weight excluding hydrogens is 801 g/mol. The molecule has 2 aliphatic rings. The number of benzene rings is 10. The Kier molecular flexibility index (Phi) is 7.90. The molecule has 306 valence electrons. The second-order valence-corrected chi connectivity index (χ2v) is 17.6. The van der Waals surface area contributed by atoms with E-state index in [1.807, 2.05) is 12.1 Å². The van der Waals surface area contributed by atoms with Crippen LogP contribution in [0.1, 0.15) is 22.3 Å². The summed E-state index contributed by atoms with van der Waals surface area (Å²) in [7, 11) is 0. The molecule has 0 N–H and O–H groups in total. The third kappa shape index (κ3) is 5.32. The predicted molar refractivity (Wildman–Crippen MR) is 270 cm³/mol. The van der Waals surface area contributed by atoms with Gasteiger partial charge in [-0.05, 0) is 114 Å². The molecule has 0 atom stereocenters. The lowest BCUT2D eigenvalue weighted by Gasteiger charge is -2.34. The number of aromatic nitrogens is 2. The molecule has 0 aliphatic heterocycles. The van der Waals surface area contributed by atoms with Crippen molar-refractivity contribution in [2.75, 3.05) is 0 Å². The van der Waals surface area contributed by atoms with E-state index in [-0.39, 0.29) is 0 Å². The van der Waals surface area contributed by atoms with Crippen LogP contribution >= 0.6 is 0 Å². The largest absolute Gasteiger partial charge is 0.456 e. The highest BCUT2D eigenvalue weighted by atomic mass is 16.3. The maximum absolute atomic E-state index is 6.16. The highest BCUT2D eigenvalue weighted by molar-refractivity contribution is 6.18. The minimum absolute atomic E-state index is 0.530. The number of fused-ring (bicyclic) bond motifs is 9. The minimum atomic E-state index is -0.530. The zero-order valence-corrected chi connectivity index (χ0v) is 35.7. The van der Waals surface area contributed by atoms with Gasteiger partial charge in [-0.1, -0.05) is 194 Å². The van der Waals surface area contributed by atoms with Crippen LogP contribution in [0.4, 0.5) is 0 Å². The molecule has 0 radical (unpaired) electrons. The van der Waals surface area contributed by atoms with E-state index in [2.05, 4.69) is 218 Å². The van der Waals surface area contributed by atoms with Gasteiger partial charge in [-0.25, -0.2) is 9.97 Å². The van der Waals surface area contributed by atoms with E-state index in [1.165, 1.54) is 61.0 Å². The van der Waals surface area contributed by atoms with E-state index in [9.17, 15) is 0 Å². The second kappa shape index (κ2) is 14.2. The van der Waals surface area contributed by atoms with Crippen LogP contribution in [0.25, 0.3) is 111 Å². The Hall–Kier alpha value is -8.66. The molecule has 0 saturated heterocycles. The molecule has 2 aliphatic carbocycles. The maximum Gasteiger partial charge on any atom is 0.161 e. The summed E-state index contributed by atoms with van der Waals surface area (Å²) in [4.78, 5) is 11.0. The molecule has 0 amide bonds. The molecule has 0 saturated carbocycles. The van der Waals surface area contributed by atoms with Gasteiger partial charge in [0.2, 0.25) is 0 Å². The summed E-state index contributed by atoms with van der Waals surface area (Å²) in [6, 6.07) is 83.4. The number of para-hydroxylation sites is 1. The molecule has 0 fully saturated rings. The first-order valence-corrected chi connectivity index (χ1v) is 22.6. The summed E-state index contributed by atoms with van der Waals surface area (Å²) in [6.07, 6.45) is 0. The number of hydrogen-bond acceptors (Lipinski definition) is 3. The molecule has 2 aromatic heterocycles. The Labute approximate surface area is 382 Å². The van der Waals surface area contributed by atoms with Crippen molar-refractivity contribution in [3.8, 4) is 78.4 Å². The normalized spacial score (nSPS) is 13.0. The van der Waals surface area contributed by atoms with Gasteiger partial charge in [-0.15, -0.1) is 0 Å². The summed E-state index contributed by atoms with van der Waals surface area (Å²) in [6.45, 7) is 0. The van der Waals surface area contributed by atoms with Gasteiger partial charge in [0.1, 0.15) is 11.2 Å². The van der Waals surface area contributed by atoms with Crippen LogP contribution < -0.4 is 0 Å². The summed E-state index contributed by atoms with van der Waals surface area (Å²) < 4.78 is 6.16. The molecule has 0 bridgehead atoms. The third-order valence-corrected chi connectivity index (χ3v) is 14.2. The fraction of sp³-hybridized carbons (Fsp3) is 0.0159. The quantitative estimate of drug-likeness (QED) is 0.167. The maximum atomic E-state index is 6.16. The highest BCUT2D eigenvalue weighted by Crippen LogP contribution is 2.57. The number of furan rings is 1. The van der Waals surface area contributed by atoms with Gasteiger partial charge >= 0.3 is 0 Å². The molecule has 66 heavy (non-hydrogen) atoms. The average molecular weight is 839 g/mol. The van der Waals surface area contributed by atoms with Crippen LogP contribution in [0.15, 0.2) is 235 Å². The molecule has 3 nitrogen and oxygen atoms in total. The van der Waals surface area contributed by atoms with E-state index in [0.29, 0.717) is 5.82 Å². The average Bonchev–Trinajstić information content (AvgIpc) is 4.03. The van der Waals surface area contributed by atoms with Crippen LogP contribution in [0.3, 0.4) is 0 Å². The van der Waals surface area contributed by atoms with Gasteiger partial charge in [0.25, 0.3) is 0 Å². The van der Waals surface area contributed by atoms with E-state index in [1.54, 1.807) is 0 Å². The Morgan fingerprint density at radius 3 is 1.61 bits per heavy atom. The van der Waals surface area contributed by atoms with Gasteiger partial charge < -0.3 is 4.42 Å². The molecule has 2 heterocycles. The second-order valence-electron chi connectivity index (χ2n) is 17.6. The van der Waals surface area contributed by atoms with Crippen molar-refractivity contribution in [2.45, 2.75) is 5.41 Å². The first-order valence-electron chi connectivity index (χ1n) is 22.6. The summed E-state index contributed by atoms with van der Waals surface area (Å²) in [5, 5.41) is 4.65. The first kappa shape index (κ1) is 36.8. The number of nitrogens with zero attached hydrogens (tertiary/aromatic N) is 2. The molecule has 3 heteroatoms. The van der Waals surface area contributed by atoms with Gasteiger partial charge in [0.15, 0.2) is 5.82 Å². The predicted octanol–water partition coefficient (Wildman–Crippen LogP) is 16.2. The van der Waals surface area contributed by atoms with E-state index in [4.69, 9.17) is 14.4 Å².